The Hall–Kier alpha value is -0.910. The summed E-state index contributed by atoms with van der Waals surface area (Å²) in [6.45, 7) is 3.64. The summed E-state index contributed by atoms with van der Waals surface area (Å²) in [5.41, 5.74) is 1.32. The van der Waals surface area contributed by atoms with E-state index in [1.807, 2.05) is 19.1 Å². The van der Waals surface area contributed by atoms with Crippen LogP contribution >= 0.6 is 15.9 Å². The average molecular weight is 328 g/mol. The third-order valence-electron chi connectivity index (χ3n) is 3.49. The normalized spacial score (nSPS) is 22.5. The second-order valence-corrected chi connectivity index (χ2v) is 5.69. The number of rotatable bonds is 4. The quantitative estimate of drug-likeness (QED) is 0.923. The molecule has 1 amide bonds. The van der Waals surface area contributed by atoms with E-state index in [2.05, 4.69) is 21.2 Å². The van der Waals surface area contributed by atoms with E-state index in [1.165, 1.54) is 0 Å². The Balaban J connectivity index is 1.99. The molecule has 5 heteroatoms. The van der Waals surface area contributed by atoms with Gasteiger partial charge in [-0.15, -0.1) is 0 Å². The van der Waals surface area contributed by atoms with Crippen LogP contribution in [0.4, 0.5) is 0 Å². The van der Waals surface area contributed by atoms with Gasteiger partial charge in [-0.2, -0.15) is 0 Å². The van der Waals surface area contributed by atoms with Crippen LogP contribution in [0.3, 0.4) is 0 Å². The first kappa shape index (κ1) is 14.5. The largest absolute Gasteiger partial charge is 0.378 e. The van der Waals surface area contributed by atoms with Gasteiger partial charge in [-0.3, -0.25) is 4.79 Å². The lowest BCUT2D eigenvalue weighted by molar-refractivity contribution is -0.0148. The Morgan fingerprint density at radius 2 is 2.37 bits per heavy atom. The van der Waals surface area contributed by atoms with Gasteiger partial charge in [0.25, 0.3) is 5.91 Å². The monoisotopic (exact) mass is 327 g/mol. The maximum atomic E-state index is 12.1. The van der Waals surface area contributed by atoms with E-state index in [-0.39, 0.29) is 11.5 Å². The van der Waals surface area contributed by atoms with Crippen molar-refractivity contribution in [1.29, 1.82) is 0 Å². The molecule has 104 valence electrons. The number of ether oxygens (including phenoxy) is 2. The number of amides is 1. The Kier molecular flexibility index (Phi) is 4.60. The van der Waals surface area contributed by atoms with E-state index in [0.29, 0.717) is 25.3 Å². The molecular formula is C14H18BrNO3. The van der Waals surface area contributed by atoms with Crippen molar-refractivity contribution in [2.24, 2.45) is 0 Å². The lowest BCUT2D eigenvalue weighted by Gasteiger charge is -2.25. The van der Waals surface area contributed by atoms with E-state index >= 15 is 0 Å². The van der Waals surface area contributed by atoms with Crippen LogP contribution in [0.15, 0.2) is 22.7 Å². The molecule has 1 N–H and O–H groups in total. The van der Waals surface area contributed by atoms with Crippen molar-refractivity contribution in [2.75, 3.05) is 26.9 Å². The van der Waals surface area contributed by atoms with Gasteiger partial charge in [0.15, 0.2) is 0 Å². The lowest BCUT2D eigenvalue weighted by Crippen LogP contribution is -2.45. The van der Waals surface area contributed by atoms with Gasteiger partial charge in [0, 0.05) is 36.7 Å². The summed E-state index contributed by atoms with van der Waals surface area (Å²) in [6, 6.07) is 5.55. The van der Waals surface area contributed by atoms with E-state index in [4.69, 9.17) is 9.47 Å². The summed E-state index contributed by atoms with van der Waals surface area (Å²) in [6.07, 6.45) is 0.809. The van der Waals surface area contributed by atoms with Gasteiger partial charge in [0.05, 0.1) is 6.61 Å². The molecule has 1 aliphatic rings. The van der Waals surface area contributed by atoms with Gasteiger partial charge < -0.3 is 14.8 Å². The molecule has 0 spiro atoms. The molecule has 1 unspecified atom stereocenters. The van der Waals surface area contributed by atoms with Crippen LogP contribution in [0, 0.1) is 6.92 Å². The van der Waals surface area contributed by atoms with Crippen molar-refractivity contribution in [2.45, 2.75) is 18.9 Å². The number of hydrogen-bond donors (Lipinski definition) is 1. The molecule has 0 aromatic heterocycles. The highest BCUT2D eigenvalue weighted by molar-refractivity contribution is 9.10. The lowest BCUT2D eigenvalue weighted by atomic mass is 10.0. The smallest absolute Gasteiger partial charge is 0.251 e. The van der Waals surface area contributed by atoms with Crippen LogP contribution in [0.25, 0.3) is 0 Å². The first-order valence-corrected chi connectivity index (χ1v) is 7.03. The molecule has 1 aromatic rings. The molecule has 1 aromatic carbocycles. The molecule has 4 nitrogen and oxygen atoms in total. The summed E-state index contributed by atoms with van der Waals surface area (Å²) in [5, 5.41) is 2.92. The molecule has 1 heterocycles. The van der Waals surface area contributed by atoms with E-state index < -0.39 is 0 Å². The molecular weight excluding hydrogens is 310 g/mol. The van der Waals surface area contributed by atoms with Crippen molar-refractivity contribution in [1.82, 2.24) is 5.32 Å². The van der Waals surface area contributed by atoms with Crippen LogP contribution in [0.2, 0.25) is 0 Å². The SMILES string of the molecule is COC1(CNC(=O)c2ccc(Br)c(C)c2)CCOC1. The standard InChI is InChI=1S/C14H18BrNO3/c1-10-7-11(3-4-12(10)15)13(17)16-8-14(18-2)5-6-19-9-14/h3-4,7H,5-6,8-9H2,1-2H3,(H,16,17). The summed E-state index contributed by atoms with van der Waals surface area (Å²) < 4.78 is 11.8. The molecule has 2 rings (SSSR count). The molecule has 1 saturated heterocycles. The Labute approximate surface area is 121 Å². The summed E-state index contributed by atoms with van der Waals surface area (Å²) >= 11 is 3.42. The molecule has 0 aliphatic carbocycles. The van der Waals surface area contributed by atoms with E-state index in [9.17, 15) is 4.79 Å². The predicted octanol–water partition coefficient (Wildman–Crippen LogP) is 2.29. The highest BCUT2D eigenvalue weighted by Crippen LogP contribution is 2.22. The second-order valence-electron chi connectivity index (χ2n) is 4.84. The second kappa shape index (κ2) is 6.03. The van der Waals surface area contributed by atoms with Crippen molar-refractivity contribution < 1.29 is 14.3 Å². The van der Waals surface area contributed by atoms with Crippen molar-refractivity contribution in [3.63, 3.8) is 0 Å². The van der Waals surface area contributed by atoms with Crippen LogP contribution in [-0.4, -0.2) is 38.4 Å². The highest BCUT2D eigenvalue weighted by atomic mass is 79.9. The number of methoxy groups -OCH3 is 1. The summed E-state index contributed by atoms with van der Waals surface area (Å²) in [5.74, 6) is -0.0843. The highest BCUT2D eigenvalue weighted by Gasteiger charge is 2.35. The summed E-state index contributed by atoms with van der Waals surface area (Å²) in [7, 11) is 1.66. The first-order chi connectivity index (χ1) is 9.06. The Morgan fingerprint density at radius 3 is 2.95 bits per heavy atom. The van der Waals surface area contributed by atoms with Crippen LogP contribution in [0.5, 0.6) is 0 Å². The fraction of sp³-hybridized carbons (Fsp3) is 0.500. The zero-order valence-electron chi connectivity index (χ0n) is 11.2. The number of nitrogens with one attached hydrogen (secondary N) is 1. The van der Waals surface area contributed by atoms with Gasteiger partial charge >= 0.3 is 0 Å². The number of aryl methyl sites for hydroxylation is 1. The zero-order valence-corrected chi connectivity index (χ0v) is 12.7. The van der Waals surface area contributed by atoms with Gasteiger partial charge in [-0.25, -0.2) is 0 Å². The molecule has 0 bridgehead atoms. The third-order valence-corrected chi connectivity index (χ3v) is 4.38. The van der Waals surface area contributed by atoms with Gasteiger partial charge in [-0.1, -0.05) is 15.9 Å². The maximum absolute atomic E-state index is 12.1. The number of carbonyl (C=O) groups excluding carboxylic acids is 1. The van der Waals surface area contributed by atoms with E-state index in [0.717, 1.165) is 16.5 Å². The number of carbonyl (C=O) groups is 1. The van der Waals surface area contributed by atoms with Gasteiger partial charge in [-0.05, 0) is 30.7 Å². The molecule has 0 radical (unpaired) electrons. The maximum Gasteiger partial charge on any atom is 0.251 e. The third kappa shape index (κ3) is 3.35. The Bertz CT molecular complexity index is 470. The van der Waals surface area contributed by atoms with Crippen molar-refractivity contribution >= 4 is 21.8 Å². The minimum Gasteiger partial charge on any atom is -0.378 e. The molecule has 0 saturated carbocycles. The zero-order chi connectivity index (χ0) is 13.9. The van der Waals surface area contributed by atoms with Crippen LogP contribution < -0.4 is 5.32 Å². The Morgan fingerprint density at radius 1 is 1.58 bits per heavy atom. The number of halogens is 1. The molecule has 1 fully saturated rings. The van der Waals surface area contributed by atoms with Crippen LogP contribution in [0.1, 0.15) is 22.3 Å². The van der Waals surface area contributed by atoms with Gasteiger partial charge in [0.2, 0.25) is 0 Å². The molecule has 1 aliphatic heterocycles. The number of hydrogen-bond acceptors (Lipinski definition) is 3. The first-order valence-electron chi connectivity index (χ1n) is 6.24. The van der Waals surface area contributed by atoms with E-state index in [1.54, 1.807) is 13.2 Å². The van der Waals surface area contributed by atoms with Crippen molar-refractivity contribution in [3.05, 3.63) is 33.8 Å². The number of benzene rings is 1. The predicted molar refractivity (Wildman–Crippen MR) is 76.4 cm³/mol. The average Bonchev–Trinajstić information content (AvgIpc) is 2.89. The minimum absolute atomic E-state index is 0.0843. The fourth-order valence-electron chi connectivity index (χ4n) is 2.09. The molecule has 19 heavy (non-hydrogen) atoms. The fourth-order valence-corrected chi connectivity index (χ4v) is 2.34. The van der Waals surface area contributed by atoms with Crippen LogP contribution in [-0.2, 0) is 9.47 Å². The topological polar surface area (TPSA) is 47.6 Å². The van der Waals surface area contributed by atoms with Gasteiger partial charge in [0.1, 0.15) is 5.60 Å². The molecule has 1 atom stereocenters. The van der Waals surface area contributed by atoms with Crippen molar-refractivity contribution in [3.8, 4) is 0 Å². The summed E-state index contributed by atoms with van der Waals surface area (Å²) in [4.78, 5) is 12.1. The minimum atomic E-state index is -0.375.